The van der Waals surface area contributed by atoms with Gasteiger partial charge in [0.15, 0.2) is 0 Å². The molecule has 0 atom stereocenters. The van der Waals surface area contributed by atoms with E-state index in [1.807, 2.05) is 51.1 Å². The highest BCUT2D eigenvalue weighted by molar-refractivity contribution is 6.09. The molecule has 0 bridgehead atoms. The second-order valence-electron chi connectivity index (χ2n) is 7.50. The van der Waals surface area contributed by atoms with Crippen LogP contribution in [-0.2, 0) is 4.79 Å². The molecule has 0 aliphatic carbocycles. The zero-order valence-corrected chi connectivity index (χ0v) is 16.8. The van der Waals surface area contributed by atoms with E-state index in [9.17, 15) is 9.59 Å². The summed E-state index contributed by atoms with van der Waals surface area (Å²) in [4.78, 5) is 33.9. The van der Waals surface area contributed by atoms with Crippen LogP contribution in [0.15, 0.2) is 42.6 Å². The number of aryl methyl sites for hydroxylation is 1. The minimum absolute atomic E-state index is 0.0164. The van der Waals surface area contributed by atoms with Gasteiger partial charge < -0.3 is 10.2 Å². The van der Waals surface area contributed by atoms with Crippen molar-refractivity contribution in [3.8, 4) is 0 Å². The first-order valence-corrected chi connectivity index (χ1v) is 9.83. The van der Waals surface area contributed by atoms with E-state index >= 15 is 0 Å². The fourth-order valence-electron chi connectivity index (χ4n) is 3.45. The van der Waals surface area contributed by atoms with Crippen LogP contribution in [0, 0.1) is 6.92 Å². The van der Waals surface area contributed by atoms with Gasteiger partial charge in [-0.05, 0) is 57.4 Å². The summed E-state index contributed by atoms with van der Waals surface area (Å²) < 4.78 is 0. The summed E-state index contributed by atoms with van der Waals surface area (Å²) in [5.41, 5.74) is 2.15. The van der Waals surface area contributed by atoms with Crippen molar-refractivity contribution in [1.29, 1.82) is 0 Å². The van der Waals surface area contributed by atoms with Gasteiger partial charge in [-0.15, -0.1) is 0 Å². The fourth-order valence-corrected chi connectivity index (χ4v) is 3.45. The van der Waals surface area contributed by atoms with Gasteiger partial charge in [0.2, 0.25) is 5.91 Å². The van der Waals surface area contributed by atoms with Gasteiger partial charge >= 0.3 is 0 Å². The Morgan fingerprint density at radius 1 is 1.14 bits per heavy atom. The number of pyridine rings is 1. The summed E-state index contributed by atoms with van der Waals surface area (Å²) in [6.07, 6.45) is 3.96. The molecule has 1 N–H and O–H groups in total. The van der Waals surface area contributed by atoms with Crippen LogP contribution >= 0.6 is 0 Å². The lowest BCUT2D eigenvalue weighted by atomic mass is 10.1. The van der Waals surface area contributed by atoms with Gasteiger partial charge in [0.25, 0.3) is 5.91 Å². The molecule has 1 saturated heterocycles. The molecule has 0 unspecified atom stereocenters. The molecule has 1 aromatic heterocycles. The van der Waals surface area contributed by atoms with Crippen molar-refractivity contribution in [2.45, 2.75) is 39.7 Å². The Balaban J connectivity index is 1.85. The van der Waals surface area contributed by atoms with E-state index in [4.69, 9.17) is 0 Å². The molecule has 1 aromatic carbocycles. The maximum atomic E-state index is 13.2. The highest BCUT2D eigenvalue weighted by atomic mass is 16.2. The normalized spacial score (nSPS) is 13.6. The maximum Gasteiger partial charge on any atom is 0.260 e. The number of aromatic nitrogens is 1. The van der Waals surface area contributed by atoms with Gasteiger partial charge in [0.05, 0.1) is 5.56 Å². The summed E-state index contributed by atoms with van der Waals surface area (Å²) in [6.45, 7) is 7.72. The van der Waals surface area contributed by atoms with E-state index in [1.165, 1.54) is 17.7 Å². The number of anilines is 2. The molecular formula is C22H28N4O2. The maximum absolute atomic E-state index is 13.2. The second-order valence-corrected chi connectivity index (χ2v) is 7.50. The molecule has 6 nitrogen and oxygen atoms in total. The number of para-hydroxylation sites is 1. The van der Waals surface area contributed by atoms with Crippen molar-refractivity contribution in [3.05, 3.63) is 53.7 Å². The van der Waals surface area contributed by atoms with Gasteiger partial charge in [-0.25, -0.2) is 4.98 Å². The van der Waals surface area contributed by atoms with Crippen molar-refractivity contribution in [3.63, 3.8) is 0 Å². The van der Waals surface area contributed by atoms with Crippen molar-refractivity contribution >= 4 is 23.3 Å². The Kier molecular flexibility index (Phi) is 6.29. The van der Waals surface area contributed by atoms with Crippen LogP contribution in [-0.4, -0.2) is 42.5 Å². The topological polar surface area (TPSA) is 65.5 Å². The highest BCUT2D eigenvalue weighted by Gasteiger charge is 2.23. The van der Waals surface area contributed by atoms with Gasteiger partial charge in [-0.2, -0.15) is 0 Å². The number of amides is 2. The summed E-state index contributed by atoms with van der Waals surface area (Å²) >= 11 is 0. The van der Waals surface area contributed by atoms with Crippen LogP contribution in [0.3, 0.4) is 0 Å². The number of benzene rings is 1. The summed E-state index contributed by atoms with van der Waals surface area (Å²) in [5, 5.41) is 2.86. The SMILES string of the molecule is Cc1ccccc1N(CC(=O)NC(C)C)C(=O)c1ccc(N2CCCC2)nc1. The smallest absolute Gasteiger partial charge is 0.260 e. The van der Waals surface area contributed by atoms with Crippen LogP contribution in [0.5, 0.6) is 0 Å². The minimum atomic E-state index is -0.228. The van der Waals surface area contributed by atoms with Gasteiger partial charge in [-0.1, -0.05) is 18.2 Å². The van der Waals surface area contributed by atoms with E-state index in [0.29, 0.717) is 5.56 Å². The molecule has 6 heteroatoms. The number of carbonyl (C=O) groups is 2. The zero-order chi connectivity index (χ0) is 20.1. The largest absolute Gasteiger partial charge is 0.357 e. The van der Waals surface area contributed by atoms with Gasteiger partial charge in [0.1, 0.15) is 12.4 Å². The van der Waals surface area contributed by atoms with E-state index in [-0.39, 0.29) is 24.4 Å². The van der Waals surface area contributed by atoms with Crippen LogP contribution < -0.4 is 15.1 Å². The Morgan fingerprint density at radius 3 is 2.46 bits per heavy atom. The van der Waals surface area contributed by atoms with Crippen molar-refractivity contribution in [2.24, 2.45) is 0 Å². The molecule has 0 spiro atoms. The third-order valence-electron chi connectivity index (χ3n) is 4.83. The van der Waals surface area contributed by atoms with Crippen LogP contribution in [0.2, 0.25) is 0 Å². The van der Waals surface area contributed by atoms with E-state index in [1.54, 1.807) is 12.3 Å². The fraction of sp³-hybridized carbons (Fsp3) is 0.409. The first kappa shape index (κ1) is 19.9. The van der Waals surface area contributed by atoms with Crippen molar-refractivity contribution in [2.75, 3.05) is 29.4 Å². The lowest BCUT2D eigenvalue weighted by molar-refractivity contribution is -0.120. The van der Waals surface area contributed by atoms with Crippen LogP contribution in [0.1, 0.15) is 42.6 Å². The third-order valence-corrected chi connectivity index (χ3v) is 4.83. The first-order valence-electron chi connectivity index (χ1n) is 9.83. The Bertz CT molecular complexity index is 827. The number of nitrogens with zero attached hydrogens (tertiary/aromatic N) is 3. The van der Waals surface area contributed by atoms with Crippen molar-refractivity contribution in [1.82, 2.24) is 10.3 Å². The molecule has 148 valence electrons. The summed E-state index contributed by atoms with van der Waals surface area (Å²) in [5.74, 6) is 0.482. The number of rotatable bonds is 6. The van der Waals surface area contributed by atoms with Crippen molar-refractivity contribution < 1.29 is 9.59 Å². The molecule has 3 rings (SSSR count). The standard InChI is InChI=1S/C22H28N4O2/c1-16(2)24-21(27)15-26(19-9-5-4-8-17(19)3)22(28)18-10-11-20(23-14-18)25-12-6-7-13-25/h4-5,8-11,14,16H,6-7,12-13,15H2,1-3H3,(H,24,27). The molecule has 0 radical (unpaired) electrons. The predicted octanol–water partition coefficient (Wildman–Crippen LogP) is 3.16. The molecule has 0 saturated carbocycles. The van der Waals surface area contributed by atoms with Gasteiger partial charge in [0, 0.05) is 31.0 Å². The average Bonchev–Trinajstić information content (AvgIpc) is 3.21. The Labute approximate surface area is 166 Å². The second kappa shape index (κ2) is 8.87. The molecular weight excluding hydrogens is 352 g/mol. The van der Waals surface area contributed by atoms with E-state index in [2.05, 4.69) is 15.2 Å². The number of hydrogen-bond acceptors (Lipinski definition) is 4. The molecule has 1 aliphatic heterocycles. The van der Waals surface area contributed by atoms with Crippen LogP contribution in [0.4, 0.5) is 11.5 Å². The quantitative estimate of drug-likeness (QED) is 0.836. The lowest BCUT2D eigenvalue weighted by Crippen LogP contribution is -2.43. The number of hydrogen-bond donors (Lipinski definition) is 1. The molecule has 1 aliphatic rings. The molecule has 28 heavy (non-hydrogen) atoms. The Hall–Kier alpha value is -2.89. The molecule has 2 heterocycles. The first-order chi connectivity index (χ1) is 13.5. The number of carbonyl (C=O) groups excluding carboxylic acids is 2. The summed E-state index contributed by atoms with van der Waals surface area (Å²) in [7, 11) is 0. The average molecular weight is 380 g/mol. The molecule has 2 amide bonds. The highest BCUT2D eigenvalue weighted by Crippen LogP contribution is 2.23. The molecule has 2 aromatic rings. The van der Waals surface area contributed by atoms with E-state index < -0.39 is 0 Å². The lowest BCUT2D eigenvalue weighted by Gasteiger charge is -2.25. The van der Waals surface area contributed by atoms with Gasteiger partial charge in [-0.3, -0.25) is 14.5 Å². The third kappa shape index (κ3) is 4.68. The van der Waals surface area contributed by atoms with E-state index in [0.717, 1.165) is 30.2 Å². The van der Waals surface area contributed by atoms with Crippen LogP contribution in [0.25, 0.3) is 0 Å². The zero-order valence-electron chi connectivity index (χ0n) is 16.8. The monoisotopic (exact) mass is 380 g/mol. The summed E-state index contributed by atoms with van der Waals surface area (Å²) in [6, 6.07) is 11.3. The number of nitrogens with one attached hydrogen (secondary N) is 1. The Morgan fingerprint density at radius 2 is 1.86 bits per heavy atom. The molecule has 1 fully saturated rings. The minimum Gasteiger partial charge on any atom is -0.357 e. The predicted molar refractivity (Wildman–Crippen MR) is 112 cm³/mol.